The normalized spacial score (nSPS) is 28.2. The van der Waals surface area contributed by atoms with Crippen molar-refractivity contribution in [3.8, 4) is 6.07 Å². The Bertz CT molecular complexity index is 791. The summed E-state index contributed by atoms with van der Waals surface area (Å²) in [5.74, 6) is -0.242. The lowest BCUT2D eigenvalue weighted by atomic mass is 9.72. The first kappa shape index (κ1) is 19.2. The van der Waals surface area contributed by atoms with Gasteiger partial charge in [-0.1, -0.05) is 30.3 Å². The van der Waals surface area contributed by atoms with E-state index in [1.165, 1.54) is 24.0 Å². The van der Waals surface area contributed by atoms with Gasteiger partial charge < -0.3 is 14.7 Å². The molecule has 3 atom stereocenters. The van der Waals surface area contributed by atoms with Gasteiger partial charge in [0.2, 0.25) is 5.91 Å². The van der Waals surface area contributed by atoms with Crippen molar-refractivity contribution < 1.29 is 14.6 Å². The molecule has 1 N–H and O–H groups in total. The van der Waals surface area contributed by atoms with Gasteiger partial charge in [-0.25, -0.2) is 0 Å². The van der Waals surface area contributed by atoms with Gasteiger partial charge in [0.15, 0.2) is 0 Å². The summed E-state index contributed by atoms with van der Waals surface area (Å²) in [6, 6.07) is 9.73. The topological polar surface area (TPSA) is 73.6 Å². The summed E-state index contributed by atoms with van der Waals surface area (Å²) in [4.78, 5) is 14.7. The number of nitriles is 1. The number of likely N-dealkylation sites (tertiary alicyclic amines) is 1. The number of carbonyl (C=O) groups excluding carboxylic acids is 1. The van der Waals surface area contributed by atoms with Crippen LogP contribution in [0.2, 0.25) is 0 Å². The van der Waals surface area contributed by atoms with Crippen molar-refractivity contribution in [1.29, 1.82) is 5.26 Å². The Kier molecular flexibility index (Phi) is 5.79. The highest BCUT2D eigenvalue weighted by Gasteiger charge is 2.53. The quantitative estimate of drug-likeness (QED) is 0.870. The van der Waals surface area contributed by atoms with Crippen LogP contribution in [0.4, 0.5) is 0 Å². The Balaban J connectivity index is 1.63. The number of aliphatic hydroxyl groups is 1. The van der Waals surface area contributed by atoms with Crippen LogP contribution in [0.1, 0.15) is 55.6 Å². The molecule has 5 nitrogen and oxygen atoms in total. The average molecular weight is 380 g/mol. The lowest BCUT2D eigenvalue weighted by Crippen LogP contribution is -2.66. The number of amides is 1. The Labute approximate surface area is 166 Å². The Hall–Kier alpha value is -2.16. The van der Waals surface area contributed by atoms with E-state index in [1.54, 1.807) is 4.90 Å². The number of hydrogen-bond acceptors (Lipinski definition) is 4. The van der Waals surface area contributed by atoms with Crippen molar-refractivity contribution in [2.24, 2.45) is 5.92 Å². The summed E-state index contributed by atoms with van der Waals surface area (Å²) in [7, 11) is 0. The van der Waals surface area contributed by atoms with Crippen LogP contribution >= 0.6 is 0 Å². The summed E-state index contributed by atoms with van der Waals surface area (Å²) < 4.78 is 5.37. The average Bonchev–Trinajstić information content (AvgIpc) is 2.75. The Morgan fingerprint density at radius 2 is 2.04 bits per heavy atom. The van der Waals surface area contributed by atoms with Crippen LogP contribution in [0.25, 0.3) is 5.57 Å². The van der Waals surface area contributed by atoms with Gasteiger partial charge >= 0.3 is 0 Å². The second-order valence-electron chi connectivity index (χ2n) is 8.04. The van der Waals surface area contributed by atoms with Crippen LogP contribution in [0.3, 0.4) is 0 Å². The van der Waals surface area contributed by atoms with Crippen LogP contribution in [0.5, 0.6) is 0 Å². The second-order valence-corrected chi connectivity index (χ2v) is 8.04. The zero-order chi connectivity index (χ0) is 19.5. The van der Waals surface area contributed by atoms with Gasteiger partial charge in [0.1, 0.15) is 6.04 Å². The van der Waals surface area contributed by atoms with Crippen LogP contribution < -0.4 is 0 Å². The number of hydrogen-bond donors (Lipinski definition) is 1. The minimum absolute atomic E-state index is 0.000451. The number of aliphatic hydroxyl groups excluding tert-OH is 1. The van der Waals surface area contributed by atoms with E-state index < -0.39 is 6.04 Å². The fraction of sp³-hybridized carbons (Fsp3) is 0.565. The number of carbonyl (C=O) groups is 1. The molecule has 0 radical (unpaired) electrons. The summed E-state index contributed by atoms with van der Waals surface area (Å²) in [6.07, 6.45) is 8.25. The second kappa shape index (κ2) is 8.46. The van der Waals surface area contributed by atoms with Gasteiger partial charge in [-0.2, -0.15) is 5.26 Å². The molecule has 2 saturated heterocycles. The predicted octanol–water partition coefficient (Wildman–Crippen LogP) is 3.25. The molecular formula is C23H28N2O3. The summed E-state index contributed by atoms with van der Waals surface area (Å²) in [5, 5.41) is 20.0. The molecule has 148 valence electrons. The maximum atomic E-state index is 13.1. The van der Waals surface area contributed by atoms with Gasteiger partial charge in [0.05, 0.1) is 18.7 Å². The van der Waals surface area contributed by atoms with Crippen molar-refractivity contribution in [3.63, 3.8) is 0 Å². The summed E-state index contributed by atoms with van der Waals surface area (Å²) in [6.45, 7) is 1.06. The molecule has 1 aromatic rings. The van der Waals surface area contributed by atoms with Crippen molar-refractivity contribution in [2.45, 2.75) is 56.5 Å². The number of benzene rings is 1. The molecule has 5 heteroatoms. The van der Waals surface area contributed by atoms with Crippen LogP contribution in [-0.2, 0) is 9.53 Å². The maximum Gasteiger partial charge on any atom is 0.227 e. The Morgan fingerprint density at radius 1 is 1.25 bits per heavy atom. The first-order valence-corrected chi connectivity index (χ1v) is 10.4. The van der Waals surface area contributed by atoms with Crippen molar-refractivity contribution >= 4 is 11.5 Å². The van der Waals surface area contributed by atoms with E-state index in [0.29, 0.717) is 26.1 Å². The number of nitrogens with zero attached hydrogens (tertiary/aromatic N) is 2. The molecule has 3 aliphatic rings. The number of allylic oxidation sites excluding steroid dienone is 2. The lowest BCUT2D eigenvalue weighted by molar-refractivity contribution is -0.154. The van der Waals surface area contributed by atoms with Crippen molar-refractivity contribution in [1.82, 2.24) is 4.90 Å². The third-order valence-corrected chi connectivity index (χ3v) is 6.51. The third kappa shape index (κ3) is 3.36. The molecule has 0 saturated carbocycles. The number of rotatable bonds is 4. The van der Waals surface area contributed by atoms with E-state index in [4.69, 9.17) is 4.74 Å². The van der Waals surface area contributed by atoms with Gasteiger partial charge in [-0.05, 0) is 55.2 Å². The first-order valence-electron chi connectivity index (χ1n) is 10.4. The monoisotopic (exact) mass is 380 g/mol. The van der Waals surface area contributed by atoms with Gasteiger partial charge in [-0.15, -0.1) is 0 Å². The third-order valence-electron chi connectivity index (χ3n) is 6.51. The molecule has 1 amide bonds. The zero-order valence-electron chi connectivity index (χ0n) is 16.2. The molecule has 1 aromatic carbocycles. The highest BCUT2D eigenvalue weighted by Crippen LogP contribution is 2.45. The first-order chi connectivity index (χ1) is 13.8. The smallest absolute Gasteiger partial charge is 0.227 e. The largest absolute Gasteiger partial charge is 0.394 e. The molecule has 2 aliphatic heterocycles. The van der Waals surface area contributed by atoms with Crippen LogP contribution in [0, 0.1) is 17.2 Å². The van der Waals surface area contributed by atoms with Gasteiger partial charge in [-0.3, -0.25) is 4.79 Å². The molecule has 2 heterocycles. The highest BCUT2D eigenvalue weighted by atomic mass is 16.5. The minimum atomic E-state index is -0.516. The molecular weight excluding hydrogens is 352 g/mol. The standard InChI is InChI=1S/C23H28N2O3/c24-14-20-22(19-9-5-4-8-18(19)16-6-2-1-3-7-16)21(15-26)25(20)23(27)17-10-12-28-13-11-17/h4-6,8-9,17,20-22,26H,1-3,7,10-13,15H2/t20-,21-,22+/m0/s1. The minimum Gasteiger partial charge on any atom is -0.394 e. The molecule has 1 aliphatic carbocycles. The molecule has 0 bridgehead atoms. The highest BCUT2D eigenvalue weighted by molar-refractivity contribution is 5.82. The van der Waals surface area contributed by atoms with Gasteiger partial charge in [0, 0.05) is 25.0 Å². The fourth-order valence-electron chi connectivity index (χ4n) is 5.00. The molecule has 0 spiro atoms. The molecule has 2 fully saturated rings. The molecule has 0 unspecified atom stereocenters. The van der Waals surface area contributed by atoms with E-state index >= 15 is 0 Å². The zero-order valence-corrected chi connectivity index (χ0v) is 16.2. The van der Waals surface area contributed by atoms with E-state index in [2.05, 4.69) is 24.3 Å². The Morgan fingerprint density at radius 3 is 2.71 bits per heavy atom. The molecule has 0 aromatic heterocycles. The maximum absolute atomic E-state index is 13.1. The summed E-state index contributed by atoms with van der Waals surface area (Å²) >= 11 is 0. The van der Waals surface area contributed by atoms with Gasteiger partial charge in [0.25, 0.3) is 0 Å². The SMILES string of the molecule is N#C[C@H]1[C@@H](c2ccccc2C2=CCCCC2)[C@H](CO)N1C(=O)C1CCOCC1. The van der Waals surface area contributed by atoms with Crippen LogP contribution in [0.15, 0.2) is 30.3 Å². The number of ether oxygens (including phenoxy) is 1. The van der Waals surface area contributed by atoms with E-state index in [0.717, 1.165) is 18.4 Å². The summed E-state index contributed by atoms with van der Waals surface area (Å²) in [5.41, 5.74) is 3.62. The molecule has 28 heavy (non-hydrogen) atoms. The predicted molar refractivity (Wildman–Crippen MR) is 106 cm³/mol. The van der Waals surface area contributed by atoms with E-state index in [-0.39, 0.29) is 30.4 Å². The lowest BCUT2D eigenvalue weighted by Gasteiger charge is -2.53. The van der Waals surface area contributed by atoms with Crippen molar-refractivity contribution in [3.05, 3.63) is 41.5 Å². The van der Waals surface area contributed by atoms with E-state index in [1.807, 2.05) is 12.1 Å². The van der Waals surface area contributed by atoms with Crippen molar-refractivity contribution in [2.75, 3.05) is 19.8 Å². The fourth-order valence-corrected chi connectivity index (χ4v) is 5.00. The molecule has 4 rings (SSSR count). The van der Waals surface area contributed by atoms with E-state index in [9.17, 15) is 15.2 Å². The van der Waals surface area contributed by atoms with Crippen LogP contribution in [-0.4, -0.2) is 47.8 Å².